The summed E-state index contributed by atoms with van der Waals surface area (Å²) in [4.78, 5) is 0. The molecule has 0 bridgehead atoms. The molecular weight excluding hydrogens is 129 g/mol. The van der Waals surface area contributed by atoms with Crippen molar-refractivity contribution >= 4 is 0 Å². The van der Waals surface area contributed by atoms with E-state index in [1.165, 1.54) is 0 Å². The third-order valence-electron chi connectivity index (χ3n) is 2.32. The van der Waals surface area contributed by atoms with Crippen LogP contribution in [0.4, 0.5) is 4.39 Å². The molecule has 1 aliphatic carbocycles. The SMILES string of the molecule is CCC1(F)CC(CC#N)C1. The highest BCUT2D eigenvalue weighted by molar-refractivity contribution is 4.96. The van der Waals surface area contributed by atoms with Gasteiger partial charge in [0, 0.05) is 6.42 Å². The predicted molar refractivity (Wildman–Crippen MR) is 37.1 cm³/mol. The second kappa shape index (κ2) is 2.57. The third-order valence-corrected chi connectivity index (χ3v) is 2.32. The van der Waals surface area contributed by atoms with Crippen LogP contribution < -0.4 is 0 Å². The lowest BCUT2D eigenvalue weighted by Gasteiger charge is -2.39. The standard InChI is InChI=1S/C8H12FN/c1-2-8(9)5-7(6-8)3-4-10/h7H,2-3,5-6H2,1H3. The van der Waals surface area contributed by atoms with Gasteiger partial charge in [0.25, 0.3) is 0 Å². The van der Waals surface area contributed by atoms with E-state index in [1.54, 1.807) is 0 Å². The molecule has 0 radical (unpaired) electrons. The largest absolute Gasteiger partial charge is 0.244 e. The number of nitrogens with zero attached hydrogens (tertiary/aromatic N) is 1. The molecule has 10 heavy (non-hydrogen) atoms. The smallest absolute Gasteiger partial charge is 0.111 e. The number of hydrogen-bond acceptors (Lipinski definition) is 1. The van der Waals surface area contributed by atoms with E-state index in [2.05, 4.69) is 6.07 Å². The van der Waals surface area contributed by atoms with Gasteiger partial charge in [0.2, 0.25) is 0 Å². The lowest BCUT2D eigenvalue weighted by Crippen LogP contribution is -2.38. The molecule has 0 amide bonds. The van der Waals surface area contributed by atoms with Crippen molar-refractivity contribution in [3.63, 3.8) is 0 Å². The number of hydrogen-bond donors (Lipinski definition) is 0. The Morgan fingerprint density at radius 2 is 2.30 bits per heavy atom. The maximum atomic E-state index is 13.1. The topological polar surface area (TPSA) is 23.8 Å². The van der Waals surface area contributed by atoms with Gasteiger partial charge in [-0.1, -0.05) is 6.92 Å². The fraction of sp³-hybridized carbons (Fsp3) is 0.875. The third kappa shape index (κ3) is 1.29. The summed E-state index contributed by atoms with van der Waals surface area (Å²) in [5.41, 5.74) is -0.915. The first-order chi connectivity index (χ1) is 4.70. The molecule has 1 nitrogen and oxygen atoms in total. The number of halogens is 1. The van der Waals surface area contributed by atoms with Crippen molar-refractivity contribution in [2.75, 3.05) is 0 Å². The number of alkyl halides is 1. The van der Waals surface area contributed by atoms with Crippen molar-refractivity contribution in [1.29, 1.82) is 5.26 Å². The van der Waals surface area contributed by atoms with Gasteiger partial charge in [-0.15, -0.1) is 0 Å². The van der Waals surface area contributed by atoms with Gasteiger partial charge < -0.3 is 0 Å². The Labute approximate surface area is 60.8 Å². The summed E-state index contributed by atoms with van der Waals surface area (Å²) in [5, 5.41) is 8.27. The summed E-state index contributed by atoms with van der Waals surface area (Å²) in [7, 11) is 0. The summed E-state index contributed by atoms with van der Waals surface area (Å²) in [6.45, 7) is 1.86. The summed E-state index contributed by atoms with van der Waals surface area (Å²) in [6.07, 6.45) is 2.36. The molecule has 0 heterocycles. The molecule has 0 aromatic carbocycles. The molecular formula is C8H12FN. The van der Waals surface area contributed by atoms with Gasteiger partial charge in [-0.25, -0.2) is 4.39 Å². The van der Waals surface area contributed by atoms with Gasteiger partial charge in [-0.2, -0.15) is 5.26 Å². The number of rotatable bonds is 2. The van der Waals surface area contributed by atoms with Crippen LogP contribution in [0.2, 0.25) is 0 Å². The molecule has 0 unspecified atom stereocenters. The van der Waals surface area contributed by atoms with Crippen LogP contribution in [-0.4, -0.2) is 5.67 Å². The zero-order valence-electron chi connectivity index (χ0n) is 6.23. The predicted octanol–water partition coefficient (Wildman–Crippen LogP) is 2.43. The average molecular weight is 141 g/mol. The Balaban J connectivity index is 2.24. The Bertz CT molecular complexity index is 153. The van der Waals surface area contributed by atoms with Crippen LogP contribution in [0.5, 0.6) is 0 Å². The van der Waals surface area contributed by atoms with Crippen molar-refractivity contribution in [3.05, 3.63) is 0 Å². The highest BCUT2D eigenvalue weighted by Gasteiger charge is 2.42. The van der Waals surface area contributed by atoms with E-state index in [1.807, 2.05) is 6.92 Å². The van der Waals surface area contributed by atoms with Crippen LogP contribution in [0.25, 0.3) is 0 Å². The second-order valence-corrected chi connectivity index (χ2v) is 3.14. The first kappa shape index (κ1) is 7.53. The van der Waals surface area contributed by atoms with E-state index in [9.17, 15) is 4.39 Å². The van der Waals surface area contributed by atoms with E-state index in [4.69, 9.17) is 5.26 Å². The van der Waals surface area contributed by atoms with Gasteiger partial charge in [-0.05, 0) is 25.2 Å². The molecule has 0 N–H and O–H groups in total. The normalized spacial score (nSPS) is 38.3. The molecule has 2 heteroatoms. The molecule has 0 atom stereocenters. The van der Waals surface area contributed by atoms with Gasteiger partial charge in [0.1, 0.15) is 5.67 Å². The Kier molecular flexibility index (Phi) is 1.94. The number of nitriles is 1. The molecule has 56 valence electrons. The van der Waals surface area contributed by atoms with Crippen LogP contribution in [0.1, 0.15) is 32.6 Å². The van der Waals surface area contributed by atoms with Crippen LogP contribution in [0.15, 0.2) is 0 Å². The molecule has 0 aromatic rings. The highest BCUT2D eigenvalue weighted by atomic mass is 19.1. The fourth-order valence-corrected chi connectivity index (χ4v) is 1.54. The van der Waals surface area contributed by atoms with Crippen molar-refractivity contribution in [1.82, 2.24) is 0 Å². The van der Waals surface area contributed by atoms with Crippen LogP contribution in [-0.2, 0) is 0 Å². The first-order valence-electron chi connectivity index (χ1n) is 3.76. The van der Waals surface area contributed by atoms with Gasteiger partial charge in [0.15, 0.2) is 0 Å². The zero-order chi connectivity index (χ0) is 7.61. The second-order valence-electron chi connectivity index (χ2n) is 3.14. The lowest BCUT2D eigenvalue weighted by atomic mass is 9.70. The molecule has 0 spiro atoms. The maximum absolute atomic E-state index is 13.1. The monoisotopic (exact) mass is 141 g/mol. The minimum Gasteiger partial charge on any atom is -0.244 e. The Morgan fingerprint density at radius 3 is 2.70 bits per heavy atom. The Hall–Kier alpha value is -0.580. The van der Waals surface area contributed by atoms with Crippen molar-refractivity contribution in [2.24, 2.45) is 5.92 Å². The Morgan fingerprint density at radius 1 is 1.70 bits per heavy atom. The van der Waals surface area contributed by atoms with E-state index < -0.39 is 5.67 Å². The first-order valence-corrected chi connectivity index (χ1v) is 3.76. The molecule has 1 aliphatic rings. The average Bonchev–Trinajstić information content (AvgIpc) is 1.85. The van der Waals surface area contributed by atoms with Crippen molar-refractivity contribution in [3.8, 4) is 6.07 Å². The van der Waals surface area contributed by atoms with E-state index in [-0.39, 0.29) is 0 Å². The van der Waals surface area contributed by atoms with E-state index in [0.29, 0.717) is 31.6 Å². The maximum Gasteiger partial charge on any atom is 0.111 e. The van der Waals surface area contributed by atoms with Crippen molar-refractivity contribution < 1.29 is 4.39 Å². The quantitative estimate of drug-likeness (QED) is 0.579. The van der Waals surface area contributed by atoms with Gasteiger partial charge >= 0.3 is 0 Å². The van der Waals surface area contributed by atoms with Crippen LogP contribution in [0.3, 0.4) is 0 Å². The summed E-state index contributed by atoms with van der Waals surface area (Å²) >= 11 is 0. The molecule has 0 aliphatic heterocycles. The summed E-state index contributed by atoms with van der Waals surface area (Å²) in [6, 6.07) is 2.06. The minimum atomic E-state index is -0.915. The van der Waals surface area contributed by atoms with Gasteiger partial charge in [-0.3, -0.25) is 0 Å². The van der Waals surface area contributed by atoms with E-state index in [0.717, 1.165) is 0 Å². The van der Waals surface area contributed by atoms with Crippen LogP contribution >= 0.6 is 0 Å². The molecule has 1 saturated carbocycles. The van der Waals surface area contributed by atoms with E-state index >= 15 is 0 Å². The molecule has 1 fully saturated rings. The van der Waals surface area contributed by atoms with Gasteiger partial charge in [0.05, 0.1) is 6.07 Å². The van der Waals surface area contributed by atoms with Crippen LogP contribution in [0, 0.1) is 17.2 Å². The molecule has 0 saturated heterocycles. The zero-order valence-corrected chi connectivity index (χ0v) is 6.23. The fourth-order valence-electron chi connectivity index (χ4n) is 1.54. The summed E-state index contributed by atoms with van der Waals surface area (Å²) in [5.74, 6) is 0.343. The summed E-state index contributed by atoms with van der Waals surface area (Å²) < 4.78 is 13.1. The molecule has 0 aromatic heterocycles. The highest BCUT2D eigenvalue weighted by Crippen LogP contribution is 2.44. The molecule has 1 rings (SSSR count). The lowest BCUT2D eigenvalue weighted by molar-refractivity contribution is 0.00602. The minimum absolute atomic E-state index is 0.343. The van der Waals surface area contributed by atoms with Crippen molar-refractivity contribution in [2.45, 2.75) is 38.3 Å².